The number of thiazole rings is 1. The van der Waals surface area contributed by atoms with Crippen molar-refractivity contribution in [2.75, 3.05) is 0 Å². The Balaban J connectivity index is 2.31. The van der Waals surface area contributed by atoms with E-state index in [4.69, 9.17) is 5.14 Å². The number of alkyl halides is 3. The van der Waals surface area contributed by atoms with Gasteiger partial charge in [-0.2, -0.15) is 18.3 Å². The van der Waals surface area contributed by atoms with Gasteiger partial charge in [0.15, 0.2) is 5.69 Å². The summed E-state index contributed by atoms with van der Waals surface area (Å²) in [4.78, 5) is 3.64. The fourth-order valence-electron chi connectivity index (χ4n) is 2.08. The van der Waals surface area contributed by atoms with Crippen LogP contribution in [0.5, 0.6) is 0 Å². The second-order valence-corrected chi connectivity index (χ2v) is 7.10. The number of sulfonamides is 1. The molecule has 0 amide bonds. The zero-order valence-electron chi connectivity index (χ0n) is 11.7. The minimum Gasteiger partial charge on any atom is -0.243 e. The van der Waals surface area contributed by atoms with Crippen LogP contribution in [0.25, 0.3) is 16.4 Å². The molecule has 2 heterocycles. The van der Waals surface area contributed by atoms with Gasteiger partial charge in [0.25, 0.3) is 0 Å². The second kappa shape index (κ2) is 5.69. The first-order valence-electron chi connectivity index (χ1n) is 6.37. The van der Waals surface area contributed by atoms with E-state index >= 15 is 0 Å². The maximum absolute atomic E-state index is 13.0. The number of nitrogens with two attached hydrogens (primary N) is 1. The zero-order chi connectivity index (χ0) is 17.5. The Kier molecular flexibility index (Phi) is 3.94. The van der Waals surface area contributed by atoms with Crippen LogP contribution in [0.1, 0.15) is 5.69 Å². The smallest absolute Gasteiger partial charge is 0.243 e. The Labute approximate surface area is 138 Å². The average Bonchev–Trinajstić information content (AvgIpc) is 3.14. The lowest BCUT2D eigenvalue weighted by molar-refractivity contribution is -0.141. The van der Waals surface area contributed by atoms with Crippen molar-refractivity contribution in [2.45, 2.75) is 11.1 Å². The van der Waals surface area contributed by atoms with Crippen molar-refractivity contribution in [1.82, 2.24) is 14.8 Å². The van der Waals surface area contributed by atoms with Crippen molar-refractivity contribution in [3.8, 4) is 16.4 Å². The van der Waals surface area contributed by atoms with E-state index in [9.17, 15) is 21.6 Å². The summed E-state index contributed by atoms with van der Waals surface area (Å²) in [5, 5.41) is 10.5. The van der Waals surface area contributed by atoms with E-state index in [2.05, 4.69) is 10.1 Å². The average molecular weight is 374 g/mol. The molecule has 0 spiro atoms. The quantitative estimate of drug-likeness (QED) is 0.763. The van der Waals surface area contributed by atoms with Gasteiger partial charge in [0.05, 0.1) is 5.69 Å². The van der Waals surface area contributed by atoms with Crippen LogP contribution < -0.4 is 5.14 Å². The number of para-hydroxylation sites is 1. The number of aromatic nitrogens is 3. The van der Waals surface area contributed by atoms with E-state index in [1.54, 1.807) is 5.38 Å². The van der Waals surface area contributed by atoms with E-state index in [1.165, 1.54) is 30.5 Å². The molecule has 0 bridgehead atoms. The van der Waals surface area contributed by atoms with E-state index in [1.807, 2.05) is 0 Å². The lowest BCUT2D eigenvalue weighted by Crippen LogP contribution is -2.16. The van der Waals surface area contributed by atoms with Crippen LogP contribution in [0.2, 0.25) is 0 Å². The highest BCUT2D eigenvalue weighted by molar-refractivity contribution is 7.89. The van der Waals surface area contributed by atoms with Crippen molar-refractivity contribution in [1.29, 1.82) is 0 Å². The standard InChI is InChI=1S/C13H9F3N4O2S2/c14-13(15,16)11-7-9(12-18-5-6-23-12)20(19-11)8-3-1-2-4-10(8)24(17,21)22/h1-7H,(H2,17,21,22). The number of benzene rings is 1. The third-order valence-corrected chi connectivity index (χ3v) is 4.81. The number of hydrogen-bond acceptors (Lipinski definition) is 5. The minimum atomic E-state index is -4.69. The molecule has 2 aromatic heterocycles. The summed E-state index contributed by atoms with van der Waals surface area (Å²) in [6.07, 6.45) is -3.26. The fourth-order valence-corrected chi connectivity index (χ4v) is 3.43. The molecule has 24 heavy (non-hydrogen) atoms. The van der Waals surface area contributed by atoms with Crippen molar-refractivity contribution >= 4 is 21.4 Å². The first-order valence-corrected chi connectivity index (χ1v) is 8.80. The Hall–Kier alpha value is -2.24. The van der Waals surface area contributed by atoms with Gasteiger partial charge in [-0.25, -0.2) is 23.2 Å². The van der Waals surface area contributed by atoms with E-state index in [-0.39, 0.29) is 21.3 Å². The van der Waals surface area contributed by atoms with Gasteiger partial charge in [0.1, 0.15) is 15.6 Å². The first-order chi connectivity index (χ1) is 11.2. The van der Waals surface area contributed by atoms with Gasteiger partial charge < -0.3 is 0 Å². The molecule has 0 atom stereocenters. The molecule has 6 nitrogen and oxygen atoms in total. The summed E-state index contributed by atoms with van der Waals surface area (Å²) in [6, 6.07) is 6.24. The Morgan fingerprint density at radius 2 is 1.92 bits per heavy atom. The third-order valence-electron chi connectivity index (χ3n) is 3.05. The molecule has 1 aromatic carbocycles. The van der Waals surface area contributed by atoms with Crippen LogP contribution >= 0.6 is 11.3 Å². The zero-order valence-corrected chi connectivity index (χ0v) is 13.4. The van der Waals surface area contributed by atoms with Crippen LogP contribution in [-0.4, -0.2) is 23.2 Å². The number of hydrogen-bond donors (Lipinski definition) is 1. The van der Waals surface area contributed by atoms with Crippen LogP contribution in [0.3, 0.4) is 0 Å². The maximum atomic E-state index is 13.0. The Morgan fingerprint density at radius 3 is 2.50 bits per heavy atom. The summed E-state index contributed by atoms with van der Waals surface area (Å²) in [7, 11) is -4.15. The Bertz CT molecular complexity index is 979. The van der Waals surface area contributed by atoms with Crippen molar-refractivity contribution in [3.63, 3.8) is 0 Å². The van der Waals surface area contributed by atoms with Gasteiger partial charge >= 0.3 is 6.18 Å². The fraction of sp³-hybridized carbons (Fsp3) is 0.0769. The van der Waals surface area contributed by atoms with Gasteiger partial charge in [0.2, 0.25) is 10.0 Å². The van der Waals surface area contributed by atoms with Gasteiger partial charge in [-0.1, -0.05) is 12.1 Å². The third kappa shape index (κ3) is 3.05. The largest absolute Gasteiger partial charge is 0.435 e. The highest BCUT2D eigenvalue weighted by Crippen LogP contribution is 2.34. The van der Waals surface area contributed by atoms with Gasteiger partial charge in [-0.3, -0.25) is 0 Å². The molecule has 0 unspecified atom stereocenters. The number of primary sulfonamides is 1. The lowest BCUT2D eigenvalue weighted by atomic mass is 10.3. The van der Waals surface area contributed by atoms with E-state index in [0.29, 0.717) is 0 Å². The highest BCUT2D eigenvalue weighted by atomic mass is 32.2. The molecule has 0 fully saturated rings. The maximum Gasteiger partial charge on any atom is 0.435 e. The SMILES string of the molecule is NS(=O)(=O)c1ccccc1-n1nc(C(F)(F)F)cc1-c1nccs1. The molecule has 0 saturated heterocycles. The molecule has 3 rings (SSSR count). The highest BCUT2D eigenvalue weighted by Gasteiger charge is 2.36. The predicted molar refractivity (Wildman–Crippen MR) is 81.0 cm³/mol. The molecule has 0 radical (unpaired) electrons. The summed E-state index contributed by atoms with van der Waals surface area (Å²) in [5.41, 5.74) is -1.22. The number of rotatable bonds is 3. The predicted octanol–water partition coefficient (Wildman–Crippen LogP) is 2.66. The molecule has 11 heteroatoms. The topological polar surface area (TPSA) is 90.9 Å². The molecule has 2 N–H and O–H groups in total. The molecule has 0 aliphatic rings. The Morgan fingerprint density at radius 1 is 1.21 bits per heavy atom. The summed E-state index contributed by atoms with van der Waals surface area (Å²) in [5.74, 6) is 0. The van der Waals surface area contributed by atoms with Crippen LogP contribution in [0, 0.1) is 0 Å². The molecule has 126 valence electrons. The normalized spacial score (nSPS) is 12.5. The summed E-state index contributed by atoms with van der Waals surface area (Å²) >= 11 is 1.10. The monoisotopic (exact) mass is 374 g/mol. The van der Waals surface area contributed by atoms with E-state index in [0.717, 1.165) is 22.1 Å². The minimum absolute atomic E-state index is 0.0217. The van der Waals surface area contributed by atoms with Gasteiger partial charge in [0, 0.05) is 11.6 Å². The lowest BCUT2D eigenvalue weighted by Gasteiger charge is -2.10. The van der Waals surface area contributed by atoms with E-state index < -0.39 is 21.9 Å². The van der Waals surface area contributed by atoms with Gasteiger partial charge in [-0.15, -0.1) is 11.3 Å². The molecular formula is C13H9F3N4O2S2. The number of halogens is 3. The van der Waals surface area contributed by atoms with Crippen LogP contribution in [-0.2, 0) is 16.2 Å². The summed E-state index contributed by atoms with van der Waals surface area (Å²) < 4.78 is 63.5. The number of nitrogens with zero attached hydrogens (tertiary/aromatic N) is 3. The van der Waals surface area contributed by atoms with Crippen molar-refractivity contribution < 1.29 is 21.6 Å². The molecule has 0 aliphatic carbocycles. The van der Waals surface area contributed by atoms with Crippen molar-refractivity contribution in [2.24, 2.45) is 5.14 Å². The first kappa shape index (κ1) is 16.6. The van der Waals surface area contributed by atoms with Crippen LogP contribution in [0.15, 0.2) is 46.8 Å². The van der Waals surface area contributed by atoms with Gasteiger partial charge in [-0.05, 0) is 18.2 Å². The molecule has 3 aromatic rings. The summed E-state index contributed by atoms with van der Waals surface area (Å²) in [6.45, 7) is 0. The van der Waals surface area contributed by atoms with Crippen molar-refractivity contribution in [3.05, 3.63) is 47.6 Å². The second-order valence-electron chi connectivity index (χ2n) is 4.67. The molecule has 0 aliphatic heterocycles. The van der Waals surface area contributed by atoms with Crippen LogP contribution in [0.4, 0.5) is 13.2 Å². The molecular weight excluding hydrogens is 365 g/mol. The molecule has 0 saturated carbocycles.